The van der Waals surface area contributed by atoms with Gasteiger partial charge in [-0.25, -0.2) is 4.98 Å². The van der Waals surface area contributed by atoms with Crippen molar-refractivity contribution >= 4 is 23.0 Å². The fourth-order valence-corrected chi connectivity index (χ4v) is 2.98. The molecule has 0 bridgehead atoms. The van der Waals surface area contributed by atoms with Crippen molar-refractivity contribution in [1.82, 2.24) is 14.9 Å². The molecule has 2 aromatic rings. The molecule has 1 aromatic carbocycles. The molecule has 2 heterocycles. The van der Waals surface area contributed by atoms with Crippen LogP contribution in [0.2, 0.25) is 0 Å². The second-order valence-electron chi connectivity index (χ2n) is 5.64. The second kappa shape index (κ2) is 5.81. The van der Waals surface area contributed by atoms with Gasteiger partial charge in [0.25, 0.3) is 5.56 Å². The van der Waals surface area contributed by atoms with Crippen molar-refractivity contribution in [1.29, 1.82) is 0 Å². The number of nitrogens with zero attached hydrogens (tertiary/aromatic N) is 2. The molecular formula is C16H17N3O3. The van der Waals surface area contributed by atoms with E-state index >= 15 is 0 Å². The van der Waals surface area contributed by atoms with Crippen LogP contribution in [-0.2, 0) is 9.59 Å². The lowest BCUT2D eigenvalue weighted by Gasteiger charge is -2.29. The number of carbonyl (C=O) groups is 2. The molecule has 0 saturated carbocycles. The Morgan fingerprint density at radius 2 is 2.23 bits per heavy atom. The third-order valence-corrected chi connectivity index (χ3v) is 4.26. The molecular weight excluding hydrogens is 282 g/mol. The van der Waals surface area contributed by atoms with Gasteiger partial charge in [0, 0.05) is 6.54 Å². The van der Waals surface area contributed by atoms with Crippen molar-refractivity contribution in [3.05, 3.63) is 40.4 Å². The van der Waals surface area contributed by atoms with Crippen molar-refractivity contribution in [2.75, 3.05) is 6.54 Å². The molecule has 2 atom stereocenters. The lowest BCUT2D eigenvalue weighted by atomic mass is 9.98. The number of para-hydroxylation sites is 1. The summed E-state index contributed by atoms with van der Waals surface area (Å²) in [5, 5.41) is 3.64. The molecule has 6 heteroatoms. The lowest BCUT2D eigenvalue weighted by molar-refractivity contribution is -0.131. The normalized spacial score (nSPS) is 21.7. The highest BCUT2D eigenvalue weighted by Gasteiger charge is 2.26. The Balaban J connectivity index is 1.89. The Morgan fingerprint density at radius 1 is 1.41 bits per heavy atom. The fraction of sp³-hybridized carbons (Fsp3) is 0.375. The topological polar surface area (TPSA) is 81.1 Å². The standard InChI is InChI=1S/C16H17N3O3/c1-10-3-2-4-12-15(10)18-9-19(16(12)22)11-5-6-13(17-7-11)14(21)8-20/h2-4,8-9,11,13,17H,5-7H2,1H3. The summed E-state index contributed by atoms with van der Waals surface area (Å²) in [6.07, 6.45) is 3.13. The van der Waals surface area contributed by atoms with Crippen LogP contribution in [0.3, 0.4) is 0 Å². The largest absolute Gasteiger partial charge is 0.305 e. The molecule has 22 heavy (non-hydrogen) atoms. The fourth-order valence-electron chi connectivity index (χ4n) is 2.98. The van der Waals surface area contributed by atoms with Crippen molar-refractivity contribution < 1.29 is 9.59 Å². The molecule has 3 rings (SSSR count). The Labute approximate surface area is 127 Å². The third kappa shape index (κ3) is 2.46. The van der Waals surface area contributed by atoms with E-state index < -0.39 is 11.8 Å². The van der Waals surface area contributed by atoms with Gasteiger partial charge in [-0.15, -0.1) is 0 Å². The molecule has 1 N–H and O–H groups in total. The van der Waals surface area contributed by atoms with E-state index in [0.29, 0.717) is 31.1 Å². The van der Waals surface area contributed by atoms with Gasteiger partial charge in [-0.2, -0.15) is 0 Å². The number of piperidine rings is 1. The van der Waals surface area contributed by atoms with E-state index in [2.05, 4.69) is 10.3 Å². The molecule has 0 amide bonds. The van der Waals surface area contributed by atoms with Gasteiger partial charge < -0.3 is 5.32 Å². The first-order valence-electron chi connectivity index (χ1n) is 7.30. The zero-order valence-electron chi connectivity index (χ0n) is 12.3. The molecule has 0 aliphatic carbocycles. The monoisotopic (exact) mass is 299 g/mol. The number of aldehydes is 1. The first-order valence-corrected chi connectivity index (χ1v) is 7.30. The SMILES string of the molecule is Cc1cccc2c(=O)n(C3CCC(C(=O)C=O)NC3)cnc12. The van der Waals surface area contributed by atoms with Gasteiger partial charge in [0.05, 0.1) is 29.3 Å². The maximum absolute atomic E-state index is 12.6. The number of hydrogen-bond donors (Lipinski definition) is 1. The second-order valence-corrected chi connectivity index (χ2v) is 5.64. The Hall–Kier alpha value is -2.34. The van der Waals surface area contributed by atoms with Crippen LogP contribution in [0.15, 0.2) is 29.3 Å². The number of Topliss-reactive ketones (excluding diaryl/α,β-unsaturated/α-hetero) is 1. The van der Waals surface area contributed by atoms with Crippen LogP contribution in [0.1, 0.15) is 24.4 Å². The summed E-state index contributed by atoms with van der Waals surface area (Å²) in [5.41, 5.74) is 1.63. The van der Waals surface area contributed by atoms with Gasteiger partial charge in [0.2, 0.25) is 5.78 Å². The van der Waals surface area contributed by atoms with Gasteiger partial charge in [-0.3, -0.25) is 19.0 Å². The van der Waals surface area contributed by atoms with Gasteiger partial charge in [-0.05, 0) is 31.4 Å². The van der Waals surface area contributed by atoms with Crippen LogP contribution < -0.4 is 10.9 Å². The summed E-state index contributed by atoms with van der Waals surface area (Å²) in [6, 6.07) is 5.07. The zero-order chi connectivity index (χ0) is 15.7. The number of ketones is 1. The van der Waals surface area contributed by atoms with Crippen molar-refractivity contribution in [3.8, 4) is 0 Å². The van der Waals surface area contributed by atoms with Gasteiger partial charge in [0.15, 0.2) is 6.29 Å². The first-order chi connectivity index (χ1) is 10.6. The summed E-state index contributed by atoms with van der Waals surface area (Å²) in [4.78, 5) is 38.9. The summed E-state index contributed by atoms with van der Waals surface area (Å²) in [6.45, 7) is 2.40. The summed E-state index contributed by atoms with van der Waals surface area (Å²) >= 11 is 0. The van der Waals surface area contributed by atoms with E-state index in [4.69, 9.17) is 0 Å². The number of carbonyl (C=O) groups excluding carboxylic acids is 2. The minimum absolute atomic E-state index is 0.0550. The number of nitrogens with one attached hydrogen (secondary N) is 1. The molecule has 1 aliphatic rings. The summed E-state index contributed by atoms with van der Waals surface area (Å²) < 4.78 is 1.62. The maximum atomic E-state index is 12.6. The van der Waals surface area contributed by atoms with Crippen molar-refractivity contribution in [2.24, 2.45) is 0 Å². The van der Waals surface area contributed by atoms with Crippen LogP contribution in [0.5, 0.6) is 0 Å². The summed E-state index contributed by atoms with van der Waals surface area (Å²) in [7, 11) is 0. The molecule has 0 radical (unpaired) electrons. The van der Waals surface area contributed by atoms with Gasteiger partial charge in [-0.1, -0.05) is 12.1 Å². The Kier molecular flexibility index (Phi) is 3.85. The molecule has 0 spiro atoms. The highest BCUT2D eigenvalue weighted by atomic mass is 16.2. The van der Waals surface area contributed by atoms with Crippen LogP contribution in [-0.4, -0.2) is 34.2 Å². The van der Waals surface area contributed by atoms with E-state index in [1.807, 2.05) is 19.1 Å². The number of fused-ring (bicyclic) bond motifs is 1. The Morgan fingerprint density at radius 3 is 2.91 bits per heavy atom. The van der Waals surface area contributed by atoms with Crippen molar-refractivity contribution in [3.63, 3.8) is 0 Å². The molecule has 1 aliphatic heterocycles. The predicted octanol–water partition coefficient (Wildman–Crippen LogP) is 0.766. The average molecular weight is 299 g/mol. The summed E-state index contributed by atoms with van der Waals surface area (Å²) in [5.74, 6) is -0.432. The smallest absolute Gasteiger partial charge is 0.261 e. The average Bonchev–Trinajstić information content (AvgIpc) is 2.55. The van der Waals surface area contributed by atoms with E-state index in [9.17, 15) is 14.4 Å². The highest BCUT2D eigenvalue weighted by Crippen LogP contribution is 2.19. The van der Waals surface area contributed by atoms with Gasteiger partial charge >= 0.3 is 0 Å². The zero-order valence-corrected chi connectivity index (χ0v) is 12.3. The molecule has 1 saturated heterocycles. The van der Waals surface area contributed by atoms with Gasteiger partial charge in [0.1, 0.15) is 0 Å². The van der Waals surface area contributed by atoms with E-state index in [0.717, 1.165) is 11.1 Å². The lowest BCUT2D eigenvalue weighted by Crippen LogP contribution is -2.46. The molecule has 114 valence electrons. The van der Waals surface area contributed by atoms with Crippen molar-refractivity contribution in [2.45, 2.75) is 31.8 Å². The van der Waals surface area contributed by atoms with Crippen LogP contribution in [0.4, 0.5) is 0 Å². The first kappa shape index (κ1) is 14.6. The molecule has 1 aromatic heterocycles. The quantitative estimate of drug-likeness (QED) is 0.668. The molecule has 2 unspecified atom stereocenters. The maximum Gasteiger partial charge on any atom is 0.261 e. The Bertz CT molecular complexity index is 789. The number of rotatable bonds is 3. The number of aryl methyl sites for hydroxylation is 1. The van der Waals surface area contributed by atoms with Crippen LogP contribution in [0.25, 0.3) is 10.9 Å². The molecule has 6 nitrogen and oxygen atoms in total. The van der Waals surface area contributed by atoms with Crippen LogP contribution in [0, 0.1) is 6.92 Å². The van der Waals surface area contributed by atoms with E-state index in [1.54, 1.807) is 17.0 Å². The number of aromatic nitrogens is 2. The number of benzene rings is 1. The third-order valence-electron chi connectivity index (χ3n) is 4.26. The highest BCUT2D eigenvalue weighted by molar-refractivity contribution is 6.27. The minimum atomic E-state index is -0.432. The minimum Gasteiger partial charge on any atom is -0.305 e. The number of hydrogen-bond acceptors (Lipinski definition) is 5. The van der Waals surface area contributed by atoms with Crippen LogP contribution >= 0.6 is 0 Å². The predicted molar refractivity (Wildman–Crippen MR) is 81.9 cm³/mol. The van der Waals surface area contributed by atoms with E-state index in [1.165, 1.54) is 0 Å². The molecule has 1 fully saturated rings. The van der Waals surface area contributed by atoms with E-state index in [-0.39, 0.29) is 11.6 Å².